The first-order valence-corrected chi connectivity index (χ1v) is 4.89. The average molecular weight is 246 g/mol. The van der Waals surface area contributed by atoms with Crippen LogP contribution in [0.1, 0.15) is 17.4 Å². The molecule has 0 saturated carbocycles. The third-order valence-electron chi connectivity index (χ3n) is 2.19. The molecule has 1 aromatic rings. The first kappa shape index (κ1) is 12.9. The Morgan fingerprint density at radius 2 is 1.94 bits per heavy atom. The van der Waals surface area contributed by atoms with Crippen molar-refractivity contribution >= 4 is 17.3 Å². The fraction of sp³-hybridized carbons (Fsp3) is 0.400. The van der Waals surface area contributed by atoms with Gasteiger partial charge in [0, 0.05) is 36.4 Å². The Bertz CT molecular complexity index is 404. The van der Waals surface area contributed by atoms with Crippen molar-refractivity contribution in [3.8, 4) is 0 Å². The standard InChI is InChI=1S/C10H12ClNO4/c1-6-4-8(11)7(10(15-2)16-3)5-9(6)12(13)14/h4-5,10H,1-3H3. The number of ether oxygens (including phenoxy) is 2. The van der Waals surface area contributed by atoms with E-state index in [1.807, 2.05) is 0 Å². The van der Waals surface area contributed by atoms with Crippen LogP contribution in [0.3, 0.4) is 0 Å². The summed E-state index contributed by atoms with van der Waals surface area (Å²) in [7, 11) is 2.88. The van der Waals surface area contributed by atoms with Gasteiger partial charge in [-0.15, -0.1) is 0 Å². The average Bonchev–Trinajstić information content (AvgIpc) is 2.22. The Morgan fingerprint density at radius 3 is 2.38 bits per heavy atom. The molecule has 0 heterocycles. The Kier molecular flexibility index (Phi) is 4.23. The maximum absolute atomic E-state index is 10.8. The number of nitro benzene ring substituents is 1. The van der Waals surface area contributed by atoms with Crippen LogP contribution in [-0.4, -0.2) is 19.1 Å². The number of nitro groups is 1. The summed E-state index contributed by atoms with van der Waals surface area (Å²) < 4.78 is 10.0. The van der Waals surface area contributed by atoms with Gasteiger partial charge in [-0.2, -0.15) is 0 Å². The van der Waals surface area contributed by atoms with Crippen molar-refractivity contribution < 1.29 is 14.4 Å². The lowest BCUT2D eigenvalue weighted by Gasteiger charge is -2.15. The summed E-state index contributed by atoms with van der Waals surface area (Å²) in [6, 6.07) is 2.90. The van der Waals surface area contributed by atoms with Gasteiger partial charge in [0.05, 0.1) is 4.92 Å². The van der Waals surface area contributed by atoms with Crippen LogP contribution in [0.4, 0.5) is 5.69 Å². The molecule has 1 aromatic carbocycles. The molecule has 0 saturated heterocycles. The molecule has 6 heteroatoms. The van der Waals surface area contributed by atoms with E-state index < -0.39 is 11.2 Å². The third-order valence-corrected chi connectivity index (χ3v) is 2.52. The van der Waals surface area contributed by atoms with Crippen molar-refractivity contribution in [2.45, 2.75) is 13.2 Å². The van der Waals surface area contributed by atoms with Crippen molar-refractivity contribution in [1.29, 1.82) is 0 Å². The minimum Gasteiger partial charge on any atom is -0.352 e. The van der Waals surface area contributed by atoms with Crippen molar-refractivity contribution in [3.63, 3.8) is 0 Å². The molecule has 1 rings (SSSR count). The van der Waals surface area contributed by atoms with Crippen LogP contribution in [0.2, 0.25) is 5.02 Å². The lowest BCUT2D eigenvalue weighted by molar-refractivity contribution is -0.385. The number of benzene rings is 1. The van der Waals surface area contributed by atoms with E-state index in [0.29, 0.717) is 16.1 Å². The highest BCUT2D eigenvalue weighted by Crippen LogP contribution is 2.32. The summed E-state index contributed by atoms with van der Waals surface area (Å²) in [4.78, 5) is 10.3. The number of hydrogen-bond donors (Lipinski definition) is 0. The zero-order valence-corrected chi connectivity index (χ0v) is 9.95. The van der Waals surface area contributed by atoms with Crippen LogP contribution in [0, 0.1) is 17.0 Å². The van der Waals surface area contributed by atoms with Crippen LogP contribution in [0.5, 0.6) is 0 Å². The molecule has 0 aliphatic heterocycles. The van der Waals surface area contributed by atoms with Crippen LogP contribution in [0.15, 0.2) is 12.1 Å². The van der Waals surface area contributed by atoms with E-state index in [9.17, 15) is 10.1 Å². The second-order valence-electron chi connectivity index (χ2n) is 3.22. The normalized spacial score (nSPS) is 10.8. The maximum Gasteiger partial charge on any atom is 0.272 e. The van der Waals surface area contributed by atoms with Gasteiger partial charge in [0.15, 0.2) is 6.29 Å². The molecule has 0 fully saturated rings. The van der Waals surface area contributed by atoms with Gasteiger partial charge in [-0.25, -0.2) is 0 Å². The highest BCUT2D eigenvalue weighted by atomic mass is 35.5. The number of nitrogens with zero attached hydrogens (tertiary/aromatic N) is 1. The van der Waals surface area contributed by atoms with Crippen LogP contribution >= 0.6 is 11.6 Å². The summed E-state index contributed by atoms with van der Waals surface area (Å²) in [6.07, 6.45) is -0.702. The summed E-state index contributed by atoms with van der Waals surface area (Å²) in [5, 5.41) is 11.2. The molecular formula is C10H12ClNO4. The molecular weight excluding hydrogens is 234 g/mol. The first-order chi connectivity index (χ1) is 7.51. The molecule has 0 N–H and O–H groups in total. The van der Waals surface area contributed by atoms with Crippen LogP contribution in [-0.2, 0) is 9.47 Å². The molecule has 0 atom stereocenters. The van der Waals surface area contributed by atoms with E-state index in [-0.39, 0.29) is 5.69 Å². The molecule has 0 aliphatic rings. The Morgan fingerprint density at radius 1 is 1.38 bits per heavy atom. The summed E-state index contributed by atoms with van der Waals surface area (Å²) in [6.45, 7) is 1.63. The molecule has 0 unspecified atom stereocenters. The van der Waals surface area contributed by atoms with E-state index in [1.165, 1.54) is 26.4 Å². The summed E-state index contributed by atoms with van der Waals surface area (Å²) in [5.41, 5.74) is 0.951. The van der Waals surface area contributed by atoms with Gasteiger partial charge < -0.3 is 9.47 Å². The van der Waals surface area contributed by atoms with E-state index in [0.717, 1.165) is 0 Å². The zero-order chi connectivity index (χ0) is 12.3. The molecule has 88 valence electrons. The lowest BCUT2D eigenvalue weighted by Crippen LogP contribution is -2.06. The number of rotatable bonds is 4. The van der Waals surface area contributed by atoms with Crippen LogP contribution < -0.4 is 0 Å². The second-order valence-corrected chi connectivity index (χ2v) is 3.63. The molecule has 0 bridgehead atoms. The largest absolute Gasteiger partial charge is 0.352 e. The molecule has 16 heavy (non-hydrogen) atoms. The van der Waals surface area contributed by atoms with E-state index in [4.69, 9.17) is 21.1 Å². The minimum atomic E-state index is -0.702. The van der Waals surface area contributed by atoms with Gasteiger partial charge in [0.25, 0.3) is 5.69 Å². The summed E-state index contributed by atoms with van der Waals surface area (Å²) in [5.74, 6) is 0. The van der Waals surface area contributed by atoms with Crippen molar-refractivity contribution in [2.75, 3.05) is 14.2 Å². The van der Waals surface area contributed by atoms with Crippen molar-refractivity contribution in [1.82, 2.24) is 0 Å². The first-order valence-electron chi connectivity index (χ1n) is 4.51. The van der Waals surface area contributed by atoms with Gasteiger partial charge >= 0.3 is 0 Å². The quantitative estimate of drug-likeness (QED) is 0.465. The molecule has 0 amide bonds. The van der Waals surface area contributed by atoms with Crippen LogP contribution in [0.25, 0.3) is 0 Å². The lowest BCUT2D eigenvalue weighted by atomic mass is 10.1. The molecule has 5 nitrogen and oxygen atoms in total. The summed E-state index contributed by atoms with van der Waals surface area (Å²) >= 11 is 5.98. The number of methoxy groups -OCH3 is 2. The Balaban J connectivity index is 3.29. The number of aryl methyl sites for hydroxylation is 1. The molecule has 0 radical (unpaired) electrons. The smallest absolute Gasteiger partial charge is 0.272 e. The highest BCUT2D eigenvalue weighted by Gasteiger charge is 2.20. The highest BCUT2D eigenvalue weighted by molar-refractivity contribution is 6.31. The van der Waals surface area contributed by atoms with Gasteiger partial charge in [-0.1, -0.05) is 11.6 Å². The molecule has 0 aromatic heterocycles. The maximum atomic E-state index is 10.8. The van der Waals surface area contributed by atoms with E-state index in [2.05, 4.69) is 0 Å². The van der Waals surface area contributed by atoms with E-state index in [1.54, 1.807) is 6.92 Å². The SMILES string of the molecule is COC(OC)c1cc([N+](=O)[O-])c(C)cc1Cl. The van der Waals surface area contributed by atoms with E-state index >= 15 is 0 Å². The molecule has 0 aliphatic carbocycles. The topological polar surface area (TPSA) is 61.6 Å². The third kappa shape index (κ3) is 2.49. The van der Waals surface area contributed by atoms with Gasteiger partial charge in [-0.05, 0) is 13.0 Å². The van der Waals surface area contributed by atoms with Crippen molar-refractivity contribution in [2.24, 2.45) is 0 Å². The van der Waals surface area contributed by atoms with Crippen molar-refractivity contribution in [3.05, 3.63) is 38.4 Å². The fourth-order valence-electron chi connectivity index (χ4n) is 1.40. The Hall–Kier alpha value is -1.17. The minimum absolute atomic E-state index is 0.00139. The van der Waals surface area contributed by atoms with Gasteiger partial charge in [0.1, 0.15) is 0 Å². The van der Waals surface area contributed by atoms with Gasteiger partial charge in [0.2, 0.25) is 0 Å². The predicted octanol–water partition coefficient (Wildman–Crippen LogP) is 2.85. The number of halogens is 1. The van der Waals surface area contributed by atoms with Gasteiger partial charge in [-0.3, -0.25) is 10.1 Å². The molecule has 0 spiro atoms. The monoisotopic (exact) mass is 245 g/mol. The predicted molar refractivity (Wildman–Crippen MR) is 59.6 cm³/mol. The second kappa shape index (κ2) is 5.25. The fourth-order valence-corrected chi connectivity index (χ4v) is 1.71. The number of hydrogen-bond acceptors (Lipinski definition) is 4. The Labute approximate surface area is 98.1 Å². The zero-order valence-electron chi connectivity index (χ0n) is 9.19.